The van der Waals surface area contributed by atoms with E-state index >= 15 is 0 Å². The molecule has 3 nitrogen and oxygen atoms in total. The average Bonchev–Trinajstić information content (AvgIpc) is 2.66. The maximum Gasteiger partial charge on any atom is 0.344 e. The Balaban J connectivity index is 1.67. The number of piperidine rings is 3. The molecule has 0 spiro atoms. The van der Waals surface area contributed by atoms with Crippen LogP contribution in [-0.2, 0) is 4.74 Å². The lowest BCUT2D eigenvalue weighted by molar-refractivity contribution is -0.0168. The summed E-state index contributed by atoms with van der Waals surface area (Å²) in [5.41, 5.74) is 0.366. The minimum absolute atomic E-state index is 0.0480. The molecule has 3 heterocycles. The summed E-state index contributed by atoms with van der Waals surface area (Å²) in [6, 6.07) is 9.56. The van der Waals surface area contributed by atoms with Crippen LogP contribution < -0.4 is 0 Å². The van der Waals surface area contributed by atoms with Gasteiger partial charge < -0.3 is 9.64 Å². The standard InChI is InChI=1S/C21H18F3NO2/c22-15-5-2-1-4-14(15)12-18-20(13-8-10-25(18)11-9-13)27-21(26)19-16(23)6-3-7-17(19)24/h1-7,12-13,20H,8-11H2/b18-12-. The van der Waals surface area contributed by atoms with Gasteiger partial charge >= 0.3 is 5.97 Å². The van der Waals surface area contributed by atoms with Crippen molar-refractivity contribution in [2.24, 2.45) is 5.92 Å². The summed E-state index contributed by atoms with van der Waals surface area (Å²) >= 11 is 0. The quantitative estimate of drug-likeness (QED) is 0.747. The molecule has 0 N–H and O–H groups in total. The SMILES string of the molecule is O=C(OC1/C(=C/c2ccccc2F)N2CCC1CC2)c1c(F)cccc1F. The first kappa shape index (κ1) is 17.6. The van der Waals surface area contributed by atoms with E-state index in [0.29, 0.717) is 11.3 Å². The number of fused-ring (bicyclic) bond motifs is 3. The molecule has 0 radical (unpaired) electrons. The maximum atomic E-state index is 14.1. The fraction of sp³-hybridized carbons (Fsp3) is 0.286. The van der Waals surface area contributed by atoms with Crippen molar-refractivity contribution < 1.29 is 22.7 Å². The van der Waals surface area contributed by atoms with Gasteiger partial charge in [0.15, 0.2) is 0 Å². The van der Waals surface area contributed by atoms with E-state index in [2.05, 4.69) is 0 Å². The van der Waals surface area contributed by atoms with Crippen molar-refractivity contribution in [1.82, 2.24) is 4.90 Å². The van der Waals surface area contributed by atoms with E-state index in [1.165, 1.54) is 12.1 Å². The summed E-state index contributed by atoms with van der Waals surface area (Å²) in [5, 5.41) is 0. The smallest absolute Gasteiger partial charge is 0.344 e. The highest BCUT2D eigenvalue weighted by Gasteiger charge is 2.41. The van der Waals surface area contributed by atoms with Crippen LogP contribution in [0.4, 0.5) is 13.2 Å². The van der Waals surface area contributed by atoms with E-state index < -0.39 is 29.3 Å². The molecule has 140 valence electrons. The van der Waals surface area contributed by atoms with Gasteiger partial charge in [0.05, 0.1) is 5.70 Å². The van der Waals surface area contributed by atoms with Crippen LogP contribution in [0.5, 0.6) is 0 Å². The Morgan fingerprint density at radius 3 is 2.26 bits per heavy atom. The molecule has 5 rings (SSSR count). The second-order valence-corrected chi connectivity index (χ2v) is 6.84. The molecule has 6 heteroatoms. The monoisotopic (exact) mass is 373 g/mol. The van der Waals surface area contributed by atoms with Gasteiger partial charge in [-0.1, -0.05) is 24.3 Å². The van der Waals surface area contributed by atoms with E-state index in [9.17, 15) is 18.0 Å². The lowest BCUT2D eigenvalue weighted by Gasteiger charge is -2.47. The van der Waals surface area contributed by atoms with Crippen molar-refractivity contribution >= 4 is 12.0 Å². The summed E-state index contributed by atoms with van der Waals surface area (Å²) in [5.74, 6) is -3.28. The molecule has 3 aliphatic rings. The van der Waals surface area contributed by atoms with Crippen LogP contribution in [0.25, 0.3) is 6.08 Å². The Bertz CT molecular complexity index is 884. The predicted octanol–water partition coefficient (Wildman–Crippen LogP) is 4.40. The summed E-state index contributed by atoms with van der Waals surface area (Å²) < 4.78 is 47.5. The van der Waals surface area contributed by atoms with Gasteiger partial charge in [0, 0.05) is 24.6 Å². The van der Waals surface area contributed by atoms with Crippen molar-refractivity contribution in [2.45, 2.75) is 18.9 Å². The van der Waals surface area contributed by atoms with Gasteiger partial charge in [-0.2, -0.15) is 0 Å². The fourth-order valence-electron chi connectivity index (χ4n) is 3.83. The molecule has 0 amide bonds. The number of rotatable bonds is 3. The zero-order valence-corrected chi connectivity index (χ0v) is 14.5. The summed E-state index contributed by atoms with van der Waals surface area (Å²) in [4.78, 5) is 14.5. The van der Waals surface area contributed by atoms with Crippen molar-refractivity contribution in [2.75, 3.05) is 13.1 Å². The molecule has 0 aliphatic carbocycles. The first-order valence-electron chi connectivity index (χ1n) is 8.90. The predicted molar refractivity (Wildman–Crippen MR) is 94.2 cm³/mol. The van der Waals surface area contributed by atoms with Crippen LogP contribution in [0.1, 0.15) is 28.8 Å². The topological polar surface area (TPSA) is 29.5 Å². The normalized spacial score (nSPS) is 22.9. The second kappa shape index (κ2) is 7.10. The third-order valence-electron chi connectivity index (χ3n) is 5.23. The third-order valence-corrected chi connectivity index (χ3v) is 5.23. The lowest BCUT2D eigenvalue weighted by Crippen LogP contribution is -2.50. The highest BCUT2D eigenvalue weighted by atomic mass is 19.1. The van der Waals surface area contributed by atoms with Crippen LogP contribution in [-0.4, -0.2) is 30.1 Å². The minimum Gasteiger partial charge on any atom is -0.452 e. The zero-order valence-electron chi connectivity index (χ0n) is 14.5. The molecular formula is C21H18F3NO2. The molecule has 3 saturated heterocycles. The Morgan fingerprint density at radius 2 is 1.59 bits per heavy atom. The van der Waals surface area contributed by atoms with Gasteiger partial charge in [-0.3, -0.25) is 0 Å². The second-order valence-electron chi connectivity index (χ2n) is 6.84. The number of nitrogens with zero attached hydrogens (tertiary/aromatic N) is 1. The Hall–Kier alpha value is -2.76. The Kier molecular flexibility index (Phi) is 4.64. The van der Waals surface area contributed by atoms with Gasteiger partial charge in [-0.15, -0.1) is 0 Å². The molecule has 3 fully saturated rings. The van der Waals surface area contributed by atoms with Crippen molar-refractivity contribution in [3.05, 3.63) is 76.7 Å². The molecule has 0 saturated carbocycles. The van der Waals surface area contributed by atoms with Crippen molar-refractivity contribution in [3.63, 3.8) is 0 Å². The van der Waals surface area contributed by atoms with Crippen molar-refractivity contribution in [3.8, 4) is 0 Å². The number of halogens is 3. The van der Waals surface area contributed by atoms with Crippen LogP contribution in [0.15, 0.2) is 48.2 Å². The number of benzene rings is 2. The minimum atomic E-state index is -1.04. The molecule has 0 aromatic heterocycles. The first-order chi connectivity index (χ1) is 13.0. The molecule has 2 aromatic carbocycles. The lowest BCUT2D eigenvalue weighted by atomic mass is 9.82. The number of carbonyl (C=O) groups is 1. The third kappa shape index (κ3) is 3.31. The van der Waals surface area contributed by atoms with E-state index in [0.717, 1.165) is 38.1 Å². The van der Waals surface area contributed by atoms with Crippen LogP contribution in [0.2, 0.25) is 0 Å². The van der Waals surface area contributed by atoms with Crippen molar-refractivity contribution in [1.29, 1.82) is 0 Å². The van der Waals surface area contributed by atoms with Gasteiger partial charge in [0.25, 0.3) is 0 Å². The maximum absolute atomic E-state index is 14.1. The average molecular weight is 373 g/mol. The van der Waals surface area contributed by atoms with E-state index in [1.54, 1.807) is 24.3 Å². The Morgan fingerprint density at radius 1 is 0.963 bits per heavy atom. The van der Waals surface area contributed by atoms with Gasteiger partial charge in [-0.05, 0) is 37.1 Å². The molecule has 2 bridgehead atoms. The van der Waals surface area contributed by atoms with Crippen LogP contribution in [0.3, 0.4) is 0 Å². The molecule has 2 aromatic rings. The summed E-state index contributed by atoms with van der Waals surface area (Å²) in [7, 11) is 0. The Labute approximate surface area is 155 Å². The number of hydrogen-bond acceptors (Lipinski definition) is 3. The molecule has 1 atom stereocenters. The highest BCUT2D eigenvalue weighted by molar-refractivity contribution is 5.90. The number of esters is 1. The molecular weight excluding hydrogens is 355 g/mol. The molecule has 3 aliphatic heterocycles. The van der Waals surface area contributed by atoms with Gasteiger partial charge in [0.2, 0.25) is 0 Å². The highest BCUT2D eigenvalue weighted by Crippen LogP contribution is 2.38. The summed E-state index contributed by atoms with van der Waals surface area (Å²) in [6.07, 6.45) is 2.63. The van der Waals surface area contributed by atoms with Gasteiger partial charge in [0.1, 0.15) is 29.1 Å². The van der Waals surface area contributed by atoms with Crippen LogP contribution in [0, 0.1) is 23.4 Å². The summed E-state index contributed by atoms with van der Waals surface area (Å²) in [6.45, 7) is 1.57. The zero-order chi connectivity index (χ0) is 19.0. The number of hydrogen-bond donors (Lipinski definition) is 0. The number of carbonyl (C=O) groups excluding carboxylic acids is 1. The van der Waals surface area contributed by atoms with E-state index in [-0.39, 0.29) is 11.7 Å². The van der Waals surface area contributed by atoms with Gasteiger partial charge in [-0.25, -0.2) is 18.0 Å². The largest absolute Gasteiger partial charge is 0.452 e. The van der Waals surface area contributed by atoms with E-state index in [1.807, 2.05) is 4.90 Å². The molecule has 1 unspecified atom stereocenters. The first-order valence-corrected chi connectivity index (χ1v) is 8.90. The molecule has 27 heavy (non-hydrogen) atoms. The van der Waals surface area contributed by atoms with E-state index in [4.69, 9.17) is 4.74 Å². The number of ether oxygens (including phenoxy) is 1. The van der Waals surface area contributed by atoms with Crippen LogP contribution >= 0.6 is 0 Å². The fourth-order valence-corrected chi connectivity index (χ4v) is 3.83.